The molecular formula is C20H21Br2NO. The quantitative estimate of drug-likeness (QED) is 0.670. The van der Waals surface area contributed by atoms with E-state index in [2.05, 4.69) is 68.1 Å². The Kier molecular flexibility index (Phi) is 5.90. The first-order valence-electron chi connectivity index (χ1n) is 8.22. The fourth-order valence-electron chi connectivity index (χ4n) is 3.57. The number of hydrogen-bond donors (Lipinski definition) is 0. The molecular weight excluding hydrogens is 430 g/mol. The molecule has 0 N–H and O–H groups in total. The van der Waals surface area contributed by atoms with E-state index in [9.17, 15) is 4.79 Å². The Balaban J connectivity index is 1.73. The highest BCUT2D eigenvalue weighted by Crippen LogP contribution is 2.25. The van der Waals surface area contributed by atoms with E-state index < -0.39 is 0 Å². The second-order valence-corrected chi connectivity index (χ2v) is 8.52. The summed E-state index contributed by atoms with van der Waals surface area (Å²) in [6.07, 6.45) is 1.63. The van der Waals surface area contributed by atoms with Gasteiger partial charge in [-0.2, -0.15) is 0 Å². The molecule has 2 aromatic carbocycles. The Morgan fingerprint density at radius 2 is 1.38 bits per heavy atom. The molecule has 2 nitrogen and oxygen atoms in total. The Morgan fingerprint density at radius 1 is 0.917 bits per heavy atom. The van der Waals surface area contributed by atoms with Crippen molar-refractivity contribution in [2.45, 2.75) is 12.8 Å². The zero-order chi connectivity index (χ0) is 17.1. The predicted molar refractivity (Wildman–Crippen MR) is 105 cm³/mol. The zero-order valence-corrected chi connectivity index (χ0v) is 16.9. The highest BCUT2D eigenvalue weighted by Gasteiger charge is 2.33. The molecule has 1 fully saturated rings. The summed E-state index contributed by atoms with van der Waals surface area (Å²) < 4.78 is 2.14. The van der Waals surface area contributed by atoms with E-state index in [0.717, 1.165) is 34.9 Å². The fraction of sp³-hybridized carbons (Fsp3) is 0.350. The highest BCUT2D eigenvalue weighted by molar-refractivity contribution is 9.10. The smallest absolute Gasteiger partial charge is 0.142 e. The summed E-state index contributed by atoms with van der Waals surface area (Å²) in [7, 11) is 2.12. The minimum Gasteiger partial charge on any atom is -0.305 e. The number of hydrogen-bond acceptors (Lipinski definition) is 2. The van der Waals surface area contributed by atoms with E-state index in [0.29, 0.717) is 5.78 Å². The normalized spacial score (nSPS) is 21.9. The third-order valence-corrected chi connectivity index (χ3v) is 5.60. The van der Waals surface area contributed by atoms with Gasteiger partial charge in [0.15, 0.2) is 0 Å². The number of benzene rings is 2. The Morgan fingerprint density at radius 3 is 1.79 bits per heavy atom. The summed E-state index contributed by atoms with van der Waals surface area (Å²) in [5, 5.41) is 0. The van der Waals surface area contributed by atoms with Crippen LogP contribution in [0.25, 0.3) is 0 Å². The second-order valence-electron chi connectivity index (χ2n) is 6.69. The molecule has 1 aliphatic rings. The van der Waals surface area contributed by atoms with Gasteiger partial charge >= 0.3 is 0 Å². The molecule has 1 saturated heterocycles. The van der Waals surface area contributed by atoms with Gasteiger partial charge in [-0.15, -0.1) is 0 Å². The maximum atomic E-state index is 13.0. The Hall–Kier alpha value is -0.970. The molecule has 0 spiro atoms. The van der Waals surface area contributed by atoms with Gasteiger partial charge in [0, 0.05) is 33.9 Å². The van der Waals surface area contributed by atoms with Crippen molar-refractivity contribution in [3.05, 3.63) is 68.6 Å². The lowest BCUT2D eigenvalue weighted by Crippen LogP contribution is -2.46. The van der Waals surface area contributed by atoms with Crippen LogP contribution in [0.4, 0.5) is 0 Å². The van der Waals surface area contributed by atoms with Crippen molar-refractivity contribution in [2.75, 3.05) is 20.1 Å². The van der Waals surface area contributed by atoms with Crippen LogP contribution < -0.4 is 0 Å². The average Bonchev–Trinajstić information content (AvgIpc) is 2.52. The molecule has 2 unspecified atom stereocenters. The SMILES string of the molecule is CN1CC(Cc2cccc(Br)c2)C(=O)C(Cc2cccc(Br)c2)C1. The van der Waals surface area contributed by atoms with Gasteiger partial charge in [0.1, 0.15) is 5.78 Å². The topological polar surface area (TPSA) is 20.3 Å². The molecule has 3 rings (SSSR count). The first kappa shape index (κ1) is 17.8. The number of rotatable bonds is 4. The molecule has 4 heteroatoms. The van der Waals surface area contributed by atoms with Gasteiger partial charge in [-0.3, -0.25) is 4.79 Å². The minimum absolute atomic E-state index is 0.0789. The van der Waals surface area contributed by atoms with E-state index in [4.69, 9.17) is 0 Å². The van der Waals surface area contributed by atoms with Crippen molar-refractivity contribution >= 4 is 37.6 Å². The maximum absolute atomic E-state index is 13.0. The molecule has 0 bridgehead atoms. The van der Waals surface area contributed by atoms with Crippen LogP contribution in [0, 0.1) is 11.8 Å². The number of ketones is 1. The zero-order valence-electron chi connectivity index (χ0n) is 13.7. The lowest BCUT2D eigenvalue weighted by Gasteiger charge is -2.34. The van der Waals surface area contributed by atoms with Crippen LogP contribution in [-0.2, 0) is 17.6 Å². The molecule has 0 radical (unpaired) electrons. The minimum atomic E-state index is 0.0789. The highest BCUT2D eigenvalue weighted by atomic mass is 79.9. The first-order valence-corrected chi connectivity index (χ1v) is 9.81. The molecule has 0 aliphatic carbocycles. The summed E-state index contributed by atoms with van der Waals surface area (Å²) in [4.78, 5) is 15.3. The molecule has 1 heterocycles. The second kappa shape index (κ2) is 7.94. The van der Waals surface area contributed by atoms with Gasteiger partial charge in [0.25, 0.3) is 0 Å². The molecule has 2 aromatic rings. The lowest BCUT2D eigenvalue weighted by atomic mass is 9.81. The summed E-state index contributed by atoms with van der Waals surface area (Å²) in [6.45, 7) is 1.70. The number of halogens is 2. The van der Waals surface area contributed by atoms with Gasteiger partial charge < -0.3 is 4.90 Å². The maximum Gasteiger partial charge on any atom is 0.142 e. The molecule has 0 saturated carbocycles. The third kappa shape index (κ3) is 4.56. The number of carbonyl (C=O) groups excluding carboxylic acids is 1. The lowest BCUT2D eigenvalue weighted by molar-refractivity contribution is -0.130. The molecule has 1 aliphatic heterocycles. The summed E-state index contributed by atoms with van der Waals surface area (Å²) >= 11 is 7.03. The van der Waals surface area contributed by atoms with Crippen LogP contribution in [0.15, 0.2) is 57.5 Å². The number of likely N-dealkylation sites (tertiary alicyclic amines) is 1. The monoisotopic (exact) mass is 449 g/mol. The van der Waals surface area contributed by atoms with Crippen LogP contribution >= 0.6 is 31.9 Å². The van der Waals surface area contributed by atoms with Crippen molar-refractivity contribution in [1.82, 2.24) is 4.90 Å². The molecule has 24 heavy (non-hydrogen) atoms. The van der Waals surface area contributed by atoms with E-state index in [1.807, 2.05) is 24.3 Å². The predicted octanol–water partition coefficient (Wildman–Crippen LogP) is 4.74. The van der Waals surface area contributed by atoms with Crippen LogP contribution in [0.2, 0.25) is 0 Å². The Bertz CT molecular complexity index is 672. The number of carbonyl (C=O) groups is 1. The van der Waals surface area contributed by atoms with E-state index in [1.54, 1.807) is 0 Å². The number of piperidine rings is 1. The van der Waals surface area contributed by atoms with Gasteiger partial charge in [-0.1, -0.05) is 56.1 Å². The molecule has 0 amide bonds. The van der Waals surface area contributed by atoms with Crippen molar-refractivity contribution in [3.63, 3.8) is 0 Å². The van der Waals surface area contributed by atoms with Crippen molar-refractivity contribution in [1.29, 1.82) is 0 Å². The average molecular weight is 451 g/mol. The summed E-state index contributed by atoms with van der Waals surface area (Å²) in [5.41, 5.74) is 2.44. The summed E-state index contributed by atoms with van der Waals surface area (Å²) in [6, 6.07) is 16.6. The fourth-order valence-corrected chi connectivity index (χ4v) is 4.46. The van der Waals surface area contributed by atoms with Crippen LogP contribution in [-0.4, -0.2) is 30.8 Å². The van der Waals surface area contributed by atoms with Crippen molar-refractivity contribution in [2.24, 2.45) is 11.8 Å². The van der Waals surface area contributed by atoms with Gasteiger partial charge in [-0.25, -0.2) is 0 Å². The van der Waals surface area contributed by atoms with E-state index >= 15 is 0 Å². The van der Waals surface area contributed by atoms with E-state index in [1.165, 1.54) is 11.1 Å². The third-order valence-electron chi connectivity index (χ3n) is 4.61. The van der Waals surface area contributed by atoms with E-state index in [-0.39, 0.29) is 11.8 Å². The van der Waals surface area contributed by atoms with Crippen molar-refractivity contribution in [3.8, 4) is 0 Å². The first-order chi connectivity index (χ1) is 11.5. The number of nitrogens with zero attached hydrogens (tertiary/aromatic N) is 1. The van der Waals surface area contributed by atoms with Crippen LogP contribution in [0.5, 0.6) is 0 Å². The van der Waals surface area contributed by atoms with Gasteiger partial charge in [0.2, 0.25) is 0 Å². The van der Waals surface area contributed by atoms with Crippen molar-refractivity contribution < 1.29 is 4.79 Å². The summed E-state index contributed by atoms with van der Waals surface area (Å²) in [5.74, 6) is 0.568. The van der Waals surface area contributed by atoms with Gasteiger partial charge in [0.05, 0.1) is 0 Å². The molecule has 0 aromatic heterocycles. The molecule has 126 valence electrons. The van der Waals surface area contributed by atoms with Crippen LogP contribution in [0.3, 0.4) is 0 Å². The largest absolute Gasteiger partial charge is 0.305 e. The van der Waals surface area contributed by atoms with Gasteiger partial charge in [-0.05, 0) is 55.3 Å². The molecule has 2 atom stereocenters. The standard InChI is InChI=1S/C20H21Br2NO/c1-23-12-16(8-14-4-2-6-18(21)10-14)20(24)17(13-23)9-15-5-3-7-19(22)11-15/h2-7,10-11,16-17H,8-9,12-13H2,1H3. The van der Waals surface area contributed by atoms with Crippen LogP contribution in [0.1, 0.15) is 11.1 Å². The number of Topliss-reactive ketones (excluding diaryl/α,β-unsaturated/α-hetero) is 1. The Labute approximate surface area is 160 Å².